The van der Waals surface area contributed by atoms with Gasteiger partial charge in [-0.3, -0.25) is 4.79 Å². The van der Waals surface area contributed by atoms with Crippen molar-refractivity contribution in [2.75, 3.05) is 13.2 Å². The zero-order valence-corrected chi connectivity index (χ0v) is 18.1. The number of Topliss-reactive ketones (excluding diaryl/α,β-unsaturated/α-hetero) is 1. The third-order valence-electron chi connectivity index (χ3n) is 5.10. The Morgan fingerprint density at radius 2 is 1.96 bits per heavy atom. The lowest BCUT2D eigenvalue weighted by atomic mass is 9.76. The molecule has 7 heteroatoms. The molecular weight excluding hydrogens is 376 g/mol. The van der Waals surface area contributed by atoms with Crippen molar-refractivity contribution in [2.24, 2.45) is 5.41 Å². The molecule has 0 radical (unpaired) electrons. The lowest BCUT2D eigenvalue weighted by molar-refractivity contribution is 0.0778. The van der Waals surface area contributed by atoms with Crippen LogP contribution < -0.4 is 4.72 Å². The third-order valence-corrected chi connectivity index (χ3v) is 6.70. The minimum Gasteiger partial charge on any atom is -0.379 e. The van der Waals surface area contributed by atoms with Crippen LogP contribution in [0.2, 0.25) is 0 Å². The normalized spacial score (nSPS) is 16.7. The summed E-state index contributed by atoms with van der Waals surface area (Å²) in [5.41, 5.74) is 2.88. The molecule has 3 rings (SSSR count). The number of fused-ring (bicyclic) bond motifs is 3. The van der Waals surface area contributed by atoms with E-state index in [0.29, 0.717) is 37.1 Å². The average Bonchev–Trinajstić information content (AvgIpc) is 2.89. The molecule has 2 N–H and O–H groups in total. The number of hydrogen-bond donors (Lipinski definition) is 2. The summed E-state index contributed by atoms with van der Waals surface area (Å²) in [6.45, 7) is 10.7. The van der Waals surface area contributed by atoms with Gasteiger partial charge in [0.2, 0.25) is 10.0 Å². The zero-order chi connectivity index (χ0) is 20.7. The highest BCUT2D eigenvalue weighted by Crippen LogP contribution is 2.38. The van der Waals surface area contributed by atoms with Crippen molar-refractivity contribution < 1.29 is 17.9 Å². The summed E-state index contributed by atoms with van der Waals surface area (Å²) in [7, 11) is -3.63. The SMILES string of the molecule is Cc1cc2c3c([nH]c2cc1S(=O)(=O)NCCCOC(C)C)CC(C)(C)CC3=O. The third kappa shape index (κ3) is 4.31. The molecule has 2 aromatic rings. The van der Waals surface area contributed by atoms with Gasteiger partial charge in [-0.25, -0.2) is 13.1 Å². The Balaban J connectivity index is 1.87. The number of rotatable bonds is 7. The minimum absolute atomic E-state index is 0.0888. The van der Waals surface area contributed by atoms with Gasteiger partial charge in [-0.1, -0.05) is 13.8 Å². The van der Waals surface area contributed by atoms with Gasteiger partial charge < -0.3 is 9.72 Å². The highest BCUT2D eigenvalue weighted by Gasteiger charge is 2.34. The van der Waals surface area contributed by atoms with E-state index in [9.17, 15) is 13.2 Å². The van der Waals surface area contributed by atoms with E-state index in [4.69, 9.17) is 4.74 Å². The second kappa shape index (κ2) is 7.61. The van der Waals surface area contributed by atoms with Crippen LogP contribution in [0.3, 0.4) is 0 Å². The molecule has 1 aromatic heterocycles. The summed E-state index contributed by atoms with van der Waals surface area (Å²) < 4.78 is 33.6. The predicted molar refractivity (Wildman–Crippen MR) is 110 cm³/mol. The first kappa shape index (κ1) is 21.0. The molecule has 28 heavy (non-hydrogen) atoms. The first-order valence-corrected chi connectivity index (χ1v) is 11.3. The topological polar surface area (TPSA) is 88.3 Å². The van der Waals surface area contributed by atoms with Gasteiger partial charge in [0, 0.05) is 41.7 Å². The van der Waals surface area contributed by atoms with Crippen LogP contribution in [0.25, 0.3) is 10.9 Å². The van der Waals surface area contributed by atoms with E-state index < -0.39 is 10.0 Å². The van der Waals surface area contributed by atoms with Crippen molar-refractivity contribution in [1.82, 2.24) is 9.71 Å². The average molecular weight is 407 g/mol. The maximum absolute atomic E-state index is 12.8. The number of aryl methyl sites for hydroxylation is 1. The lowest BCUT2D eigenvalue weighted by Crippen LogP contribution is -2.26. The molecule has 154 valence electrons. The number of ether oxygens (including phenoxy) is 1. The summed E-state index contributed by atoms with van der Waals surface area (Å²) in [5, 5.41) is 0.817. The fourth-order valence-corrected chi connectivity index (χ4v) is 5.19. The molecule has 1 aromatic carbocycles. The first-order chi connectivity index (χ1) is 13.0. The Labute approximate surface area is 167 Å². The number of hydrogen-bond acceptors (Lipinski definition) is 4. The number of aromatic nitrogens is 1. The molecule has 0 saturated carbocycles. The molecule has 0 fully saturated rings. The van der Waals surface area contributed by atoms with Crippen molar-refractivity contribution in [3.05, 3.63) is 29.0 Å². The summed E-state index contributed by atoms with van der Waals surface area (Å²) >= 11 is 0. The minimum atomic E-state index is -3.63. The van der Waals surface area contributed by atoms with Crippen LogP contribution in [-0.4, -0.2) is 38.4 Å². The van der Waals surface area contributed by atoms with Crippen molar-refractivity contribution in [2.45, 2.75) is 64.9 Å². The van der Waals surface area contributed by atoms with Gasteiger partial charge in [-0.2, -0.15) is 0 Å². The summed E-state index contributed by atoms with van der Waals surface area (Å²) in [5.74, 6) is 0.121. The molecule has 6 nitrogen and oxygen atoms in total. The molecule has 1 aliphatic carbocycles. The van der Waals surface area contributed by atoms with Crippen molar-refractivity contribution in [3.63, 3.8) is 0 Å². The standard InChI is InChI=1S/C21H30N2O4S/c1-13(2)27-8-6-7-22-28(25,26)19-10-16-15(9-14(19)3)20-17(23-16)11-21(4,5)12-18(20)24/h9-10,13,22-23H,6-8,11-12H2,1-5H3. The van der Waals surface area contributed by atoms with Crippen LogP contribution in [0.4, 0.5) is 0 Å². The van der Waals surface area contributed by atoms with E-state index in [1.807, 2.05) is 19.9 Å². The Hall–Kier alpha value is -1.70. The quantitative estimate of drug-likeness (QED) is 0.686. The van der Waals surface area contributed by atoms with Crippen molar-refractivity contribution in [3.8, 4) is 0 Å². The van der Waals surface area contributed by atoms with Crippen LogP contribution in [0, 0.1) is 12.3 Å². The Morgan fingerprint density at radius 3 is 2.64 bits per heavy atom. The molecule has 0 aliphatic heterocycles. The number of nitrogens with one attached hydrogen (secondary N) is 2. The first-order valence-electron chi connectivity index (χ1n) is 9.80. The maximum Gasteiger partial charge on any atom is 0.240 e. The number of sulfonamides is 1. The molecule has 1 aliphatic rings. The van der Waals surface area contributed by atoms with E-state index >= 15 is 0 Å². The molecule has 0 amide bonds. The van der Waals surface area contributed by atoms with Gasteiger partial charge in [-0.05, 0) is 56.7 Å². The zero-order valence-electron chi connectivity index (χ0n) is 17.3. The molecule has 0 bridgehead atoms. The van der Waals surface area contributed by atoms with Gasteiger partial charge in [0.15, 0.2) is 5.78 Å². The van der Waals surface area contributed by atoms with E-state index in [0.717, 1.165) is 23.1 Å². The van der Waals surface area contributed by atoms with E-state index in [-0.39, 0.29) is 22.2 Å². The van der Waals surface area contributed by atoms with Gasteiger partial charge in [-0.15, -0.1) is 0 Å². The number of ketones is 1. The Morgan fingerprint density at radius 1 is 1.25 bits per heavy atom. The van der Waals surface area contributed by atoms with Gasteiger partial charge >= 0.3 is 0 Å². The second-order valence-corrected chi connectivity index (χ2v) is 10.5. The number of benzene rings is 1. The van der Waals surface area contributed by atoms with E-state index in [2.05, 4.69) is 23.6 Å². The summed E-state index contributed by atoms with van der Waals surface area (Å²) in [4.78, 5) is 16.2. The number of aromatic amines is 1. The molecule has 0 saturated heterocycles. The number of H-pyrrole nitrogens is 1. The van der Waals surface area contributed by atoms with Crippen LogP contribution in [0.1, 0.15) is 62.2 Å². The molecule has 1 heterocycles. The maximum atomic E-state index is 12.8. The number of carbonyl (C=O) groups excluding carboxylic acids is 1. The van der Waals surface area contributed by atoms with Gasteiger partial charge in [0.25, 0.3) is 0 Å². The molecule has 0 spiro atoms. The van der Waals surface area contributed by atoms with Crippen molar-refractivity contribution in [1.29, 1.82) is 0 Å². The van der Waals surface area contributed by atoms with Gasteiger partial charge in [0.05, 0.1) is 11.0 Å². The molecule has 0 unspecified atom stereocenters. The highest BCUT2D eigenvalue weighted by molar-refractivity contribution is 7.89. The van der Waals surface area contributed by atoms with Gasteiger partial charge in [0.1, 0.15) is 0 Å². The lowest BCUT2D eigenvalue weighted by Gasteiger charge is -2.28. The van der Waals surface area contributed by atoms with Crippen molar-refractivity contribution >= 4 is 26.7 Å². The van der Waals surface area contributed by atoms with Crippen LogP contribution >= 0.6 is 0 Å². The smallest absolute Gasteiger partial charge is 0.240 e. The van der Waals surface area contributed by atoms with Crippen LogP contribution in [0.5, 0.6) is 0 Å². The molecule has 0 atom stereocenters. The largest absolute Gasteiger partial charge is 0.379 e. The Bertz CT molecular complexity index is 1000. The Kier molecular flexibility index (Phi) is 5.71. The fourth-order valence-electron chi connectivity index (χ4n) is 3.87. The van der Waals surface area contributed by atoms with E-state index in [1.165, 1.54) is 0 Å². The van der Waals surface area contributed by atoms with Crippen LogP contribution in [-0.2, 0) is 21.2 Å². The van der Waals surface area contributed by atoms with E-state index in [1.54, 1.807) is 13.0 Å². The van der Waals surface area contributed by atoms with Crippen LogP contribution in [0.15, 0.2) is 17.0 Å². The number of carbonyl (C=O) groups is 1. The highest BCUT2D eigenvalue weighted by atomic mass is 32.2. The monoisotopic (exact) mass is 406 g/mol. The predicted octanol–water partition coefficient (Wildman–Crippen LogP) is 3.72. The summed E-state index contributed by atoms with van der Waals surface area (Å²) in [6, 6.07) is 3.47. The summed E-state index contributed by atoms with van der Waals surface area (Å²) in [6.07, 6.45) is 2.02. The fraction of sp³-hybridized carbons (Fsp3) is 0.571. The second-order valence-electron chi connectivity index (χ2n) is 8.75. The molecular formula is C21H30N2O4S.